The number of hydrogen-bond acceptors (Lipinski definition) is 2. The van der Waals surface area contributed by atoms with Gasteiger partial charge in [0.25, 0.3) is 0 Å². The summed E-state index contributed by atoms with van der Waals surface area (Å²) in [5, 5.41) is 3.67. The monoisotopic (exact) mass is 247 g/mol. The maximum absolute atomic E-state index is 5.61. The van der Waals surface area contributed by atoms with Gasteiger partial charge in [0.15, 0.2) is 0 Å². The van der Waals surface area contributed by atoms with Crippen molar-refractivity contribution in [2.75, 3.05) is 13.2 Å². The molecule has 2 nitrogen and oxygen atoms in total. The minimum atomic E-state index is 0.492. The first-order valence-electron chi connectivity index (χ1n) is 7.29. The zero-order valence-corrected chi connectivity index (χ0v) is 11.6. The fraction of sp³-hybridized carbons (Fsp3) is 0.625. The normalized spacial score (nSPS) is 16.6. The predicted molar refractivity (Wildman–Crippen MR) is 76.0 cm³/mol. The molecule has 0 heterocycles. The molecule has 1 fully saturated rings. The third-order valence-electron chi connectivity index (χ3n) is 3.51. The lowest BCUT2D eigenvalue weighted by atomic mass is 10.0. The maximum atomic E-state index is 5.61. The van der Waals surface area contributed by atoms with Crippen LogP contribution in [-0.2, 0) is 0 Å². The molecule has 1 unspecified atom stereocenters. The Morgan fingerprint density at radius 1 is 1.22 bits per heavy atom. The Hall–Kier alpha value is -1.02. The first-order valence-corrected chi connectivity index (χ1v) is 7.29. The average molecular weight is 247 g/mol. The molecule has 100 valence electrons. The van der Waals surface area contributed by atoms with Crippen molar-refractivity contribution in [1.82, 2.24) is 5.32 Å². The SMILES string of the molecule is CCCOc1ccc(C(CC)NCC2CC2)cc1. The molecular formula is C16H25NO. The summed E-state index contributed by atoms with van der Waals surface area (Å²) in [6.45, 7) is 6.35. The predicted octanol–water partition coefficient (Wildman–Crippen LogP) is 3.93. The van der Waals surface area contributed by atoms with Crippen molar-refractivity contribution in [3.05, 3.63) is 29.8 Å². The van der Waals surface area contributed by atoms with Crippen LogP contribution in [0.15, 0.2) is 24.3 Å². The summed E-state index contributed by atoms with van der Waals surface area (Å²) in [4.78, 5) is 0. The number of rotatable bonds is 8. The molecule has 1 aromatic carbocycles. The zero-order chi connectivity index (χ0) is 12.8. The first kappa shape index (κ1) is 13.4. The minimum Gasteiger partial charge on any atom is -0.494 e. The van der Waals surface area contributed by atoms with Gasteiger partial charge in [-0.25, -0.2) is 0 Å². The van der Waals surface area contributed by atoms with E-state index in [-0.39, 0.29) is 0 Å². The van der Waals surface area contributed by atoms with E-state index in [1.54, 1.807) is 0 Å². The van der Waals surface area contributed by atoms with Gasteiger partial charge in [-0.1, -0.05) is 26.0 Å². The van der Waals surface area contributed by atoms with Crippen LogP contribution in [0.4, 0.5) is 0 Å². The number of nitrogens with one attached hydrogen (secondary N) is 1. The Balaban J connectivity index is 1.88. The van der Waals surface area contributed by atoms with Crippen molar-refractivity contribution >= 4 is 0 Å². The van der Waals surface area contributed by atoms with Crippen LogP contribution in [0.25, 0.3) is 0 Å². The van der Waals surface area contributed by atoms with E-state index in [0.29, 0.717) is 6.04 Å². The van der Waals surface area contributed by atoms with Gasteiger partial charge < -0.3 is 10.1 Å². The molecule has 18 heavy (non-hydrogen) atoms. The lowest BCUT2D eigenvalue weighted by Gasteiger charge is -2.17. The Morgan fingerprint density at radius 2 is 1.94 bits per heavy atom. The molecule has 1 aliphatic carbocycles. The molecule has 1 aliphatic rings. The van der Waals surface area contributed by atoms with Gasteiger partial charge >= 0.3 is 0 Å². The fourth-order valence-corrected chi connectivity index (χ4v) is 2.15. The minimum absolute atomic E-state index is 0.492. The van der Waals surface area contributed by atoms with E-state index in [1.807, 2.05) is 0 Å². The summed E-state index contributed by atoms with van der Waals surface area (Å²) >= 11 is 0. The highest BCUT2D eigenvalue weighted by Crippen LogP contribution is 2.29. The summed E-state index contributed by atoms with van der Waals surface area (Å²) in [5.74, 6) is 1.92. The quantitative estimate of drug-likeness (QED) is 0.751. The van der Waals surface area contributed by atoms with Crippen LogP contribution in [0.5, 0.6) is 5.75 Å². The molecule has 2 heteroatoms. The summed E-state index contributed by atoms with van der Waals surface area (Å²) in [5.41, 5.74) is 1.38. The molecule has 1 N–H and O–H groups in total. The van der Waals surface area contributed by atoms with Crippen molar-refractivity contribution in [3.8, 4) is 5.75 Å². The van der Waals surface area contributed by atoms with E-state index in [4.69, 9.17) is 4.74 Å². The smallest absolute Gasteiger partial charge is 0.119 e. The van der Waals surface area contributed by atoms with Crippen molar-refractivity contribution in [3.63, 3.8) is 0 Å². The van der Waals surface area contributed by atoms with Gasteiger partial charge in [-0.3, -0.25) is 0 Å². The summed E-state index contributed by atoms with van der Waals surface area (Å²) < 4.78 is 5.61. The molecule has 0 aliphatic heterocycles. The van der Waals surface area contributed by atoms with Gasteiger partial charge in [-0.05, 0) is 55.8 Å². The third kappa shape index (κ3) is 4.02. The molecule has 1 aromatic rings. The summed E-state index contributed by atoms with van der Waals surface area (Å²) in [6, 6.07) is 9.06. The van der Waals surface area contributed by atoms with E-state index in [2.05, 4.69) is 43.4 Å². The lowest BCUT2D eigenvalue weighted by molar-refractivity contribution is 0.317. The highest BCUT2D eigenvalue weighted by atomic mass is 16.5. The van der Waals surface area contributed by atoms with Gasteiger partial charge in [0.1, 0.15) is 5.75 Å². The van der Waals surface area contributed by atoms with E-state index in [1.165, 1.54) is 24.9 Å². The van der Waals surface area contributed by atoms with Crippen molar-refractivity contribution in [2.45, 2.75) is 45.6 Å². The number of ether oxygens (including phenoxy) is 1. The van der Waals surface area contributed by atoms with Crippen LogP contribution in [0.1, 0.15) is 51.1 Å². The Bertz CT molecular complexity index is 343. The second kappa shape index (κ2) is 6.79. The van der Waals surface area contributed by atoms with E-state index >= 15 is 0 Å². The Labute approximate surface area is 111 Å². The summed E-state index contributed by atoms with van der Waals surface area (Å²) in [7, 11) is 0. The fourth-order valence-electron chi connectivity index (χ4n) is 2.15. The molecule has 0 amide bonds. The topological polar surface area (TPSA) is 21.3 Å². The highest BCUT2D eigenvalue weighted by molar-refractivity contribution is 5.29. The largest absolute Gasteiger partial charge is 0.494 e. The molecular weight excluding hydrogens is 222 g/mol. The van der Waals surface area contributed by atoms with E-state index in [0.717, 1.165) is 31.1 Å². The molecule has 2 rings (SSSR count). The molecule has 0 radical (unpaired) electrons. The second-order valence-corrected chi connectivity index (χ2v) is 5.23. The van der Waals surface area contributed by atoms with Gasteiger partial charge in [0, 0.05) is 6.04 Å². The van der Waals surface area contributed by atoms with Crippen molar-refractivity contribution in [1.29, 1.82) is 0 Å². The molecule has 0 saturated heterocycles. The van der Waals surface area contributed by atoms with Crippen LogP contribution in [0.3, 0.4) is 0 Å². The second-order valence-electron chi connectivity index (χ2n) is 5.23. The van der Waals surface area contributed by atoms with Gasteiger partial charge in [-0.2, -0.15) is 0 Å². The van der Waals surface area contributed by atoms with Crippen LogP contribution in [0.2, 0.25) is 0 Å². The molecule has 0 spiro atoms. The van der Waals surface area contributed by atoms with Crippen LogP contribution in [0, 0.1) is 5.92 Å². The maximum Gasteiger partial charge on any atom is 0.119 e. The number of benzene rings is 1. The van der Waals surface area contributed by atoms with E-state index < -0.39 is 0 Å². The molecule has 1 saturated carbocycles. The van der Waals surface area contributed by atoms with Crippen molar-refractivity contribution in [2.24, 2.45) is 5.92 Å². The highest BCUT2D eigenvalue weighted by Gasteiger charge is 2.22. The van der Waals surface area contributed by atoms with E-state index in [9.17, 15) is 0 Å². The van der Waals surface area contributed by atoms with Crippen LogP contribution < -0.4 is 10.1 Å². The third-order valence-corrected chi connectivity index (χ3v) is 3.51. The van der Waals surface area contributed by atoms with Crippen LogP contribution >= 0.6 is 0 Å². The number of hydrogen-bond donors (Lipinski definition) is 1. The molecule has 0 bridgehead atoms. The lowest BCUT2D eigenvalue weighted by Crippen LogP contribution is -2.22. The first-order chi connectivity index (χ1) is 8.83. The zero-order valence-electron chi connectivity index (χ0n) is 11.6. The van der Waals surface area contributed by atoms with Gasteiger partial charge in [-0.15, -0.1) is 0 Å². The van der Waals surface area contributed by atoms with Crippen LogP contribution in [-0.4, -0.2) is 13.2 Å². The van der Waals surface area contributed by atoms with Gasteiger partial charge in [0.05, 0.1) is 6.61 Å². The average Bonchev–Trinajstić information content (AvgIpc) is 3.22. The standard InChI is InChI=1S/C16H25NO/c1-3-11-18-15-9-7-14(8-10-15)16(4-2)17-12-13-5-6-13/h7-10,13,16-17H,3-6,11-12H2,1-2H3. The molecule has 0 aromatic heterocycles. The Kier molecular flexibility index (Phi) is 5.06. The Morgan fingerprint density at radius 3 is 2.50 bits per heavy atom. The summed E-state index contributed by atoms with van der Waals surface area (Å²) in [6.07, 6.45) is 5.02. The van der Waals surface area contributed by atoms with Gasteiger partial charge in [0.2, 0.25) is 0 Å². The molecule has 1 atom stereocenters. The van der Waals surface area contributed by atoms with Crippen molar-refractivity contribution < 1.29 is 4.74 Å².